The van der Waals surface area contributed by atoms with E-state index in [1.165, 1.54) is 36.4 Å². The van der Waals surface area contributed by atoms with Gasteiger partial charge in [-0.25, -0.2) is 18.9 Å². The second-order valence-corrected chi connectivity index (χ2v) is 5.03. The van der Waals surface area contributed by atoms with Crippen molar-refractivity contribution in [2.75, 3.05) is 0 Å². The molecule has 0 atom stereocenters. The molecule has 0 spiro atoms. The molecule has 0 aliphatic rings. The summed E-state index contributed by atoms with van der Waals surface area (Å²) < 4.78 is 48.0. The van der Waals surface area contributed by atoms with Gasteiger partial charge >= 0.3 is 7.75 Å². The molecule has 0 amide bonds. The monoisotopic (exact) mass is 285 g/mol. The van der Waals surface area contributed by atoms with Crippen LogP contribution < -0.4 is 14.6 Å². The minimum atomic E-state index is -4.17. The maximum Gasteiger partial charge on any atom is 0.510 e. The number of benzene rings is 2. The van der Waals surface area contributed by atoms with Crippen molar-refractivity contribution in [3.05, 3.63) is 60.2 Å². The average Bonchev–Trinajstić information content (AvgIpc) is 2.35. The summed E-state index contributed by atoms with van der Waals surface area (Å²) in [5, 5.41) is 0. The highest BCUT2D eigenvalue weighted by atomic mass is 31.2. The van der Waals surface area contributed by atoms with Crippen LogP contribution in [-0.4, -0.2) is 0 Å². The first-order chi connectivity index (χ1) is 8.98. The van der Waals surface area contributed by atoms with E-state index < -0.39 is 19.4 Å². The predicted octanol–water partition coefficient (Wildman–Crippen LogP) is 3.49. The normalized spacial score (nSPS) is 11.1. The molecule has 0 heterocycles. The largest absolute Gasteiger partial charge is 0.510 e. The molecule has 7 heteroatoms. The van der Waals surface area contributed by atoms with Gasteiger partial charge in [-0.05, 0) is 24.3 Å². The Morgan fingerprint density at radius 2 is 1.21 bits per heavy atom. The minimum absolute atomic E-state index is 0.329. The smallest absolute Gasteiger partial charge is 0.402 e. The maximum absolute atomic E-state index is 13.3. The van der Waals surface area contributed by atoms with Crippen LogP contribution in [0.4, 0.5) is 8.78 Å². The van der Waals surface area contributed by atoms with Crippen LogP contribution in [0, 0.1) is 11.6 Å². The molecule has 0 saturated heterocycles. The van der Waals surface area contributed by atoms with E-state index in [9.17, 15) is 13.3 Å². The Morgan fingerprint density at radius 1 is 0.842 bits per heavy atom. The van der Waals surface area contributed by atoms with Gasteiger partial charge in [-0.2, -0.15) is 0 Å². The van der Waals surface area contributed by atoms with E-state index in [0.717, 1.165) is 12.1 Å². The lowest BCUT2D eigenvalue weighted by atomic mass is 10.3. The fourth-order valence-corrected chi connectivity index (χ4v) is 2.21. The van der Waals surface area contributed by atoms with Crippen LogP contribution in [0.25, 0.3) is 0 Å². The quantitative estimate of drug-likeness (QED) is 0.873. The van der Waals surface area contributed by atoms with Gasteiger partial charge in [0.25, 0.3) is 0 Å². The number of nitrogens with two attached hydrogens (primary N) is 1. The number of para-hydroxylation sites is 2. The lowest BCUT2D eigenvalue weighted by Gasteiger charge is -2.15. The van der Waals surface area contributed by atoms with Gasteiger partial charge < -0.3 is 9.05 Å². The molecule has 2 N–H and O–H groups in total. The van der Waals surface area contributed by atoms with E-state index in [2.05, 4.69) is 0 Å². The maximum atomic E-state index is 13.3. The average molecular weight is 285 g/mol. The van der Waals surface area contributed by atoms with Crippen LogP contribution in [-0.2, 0) is 4.57 Å². The lowest BCUT2D eigenvalue weighted by molar-refractivity contribution is 0.368. The SMILES string of the molecule is NP(=O)(Oc1ccccc1F)Oc1ccccc1F. The summed E-state index contributed by atoms with van der Waals surface area (Å²) in [6.07, 6.45) is 0. The molecule has 0 aliphatic carbocycles. The van der Waals surface area contributed by atoms with Crippen LogP contribution in [0.3, 0.4) is 0 Å². The molecule has 0 bridgehead atoms. The number of halogens is 2. The summed E-state index contributed by atoms with van der Waals surface area (Å²) in [4.78, 5) is 0. The van der Waals surface area contributed by atoms with E-state index in [1.807, 2.05) is 0 Å². The number of hydrogen-bond donors (Lipinski definition) is 1. The van der Waals surface area contributed by atoms with Gasteiger partial charge in [0.2, 0.25) is 0 Å². The molecular weight excluding hydrogens is 275 g/mol. The minimum Gasteiger partial charge on any atom is -0.402 e. The molecule has 0 fully saturated rings. The molecule has 4 nitrogen and oxygen atoms in total. The molecule has 0 saturated carbocycles. The Kier molecular flexibility index (Phi) is 3.83. The predicted molar refractivity (Wildman–Crippen MR) is 65.8 cm³/mol. The van der Waals surface area contributed by atoms with Crippen molar-refractivity contribution >= 4 is 7.75 Å². The summed E-state index contributed by atoms with van der Waals surface area (Å²) >= 11 is 0. The summed E-state index contributed by atoms with van der Waals surface area (Å²) in [6.45, 7) is 0. The Bertz CT molecular complexity index is 584. The molecule has 2 aromatic carbocycles. The topological polar surface area (TPSA) is 61.6 Å². The second kappa shape index (κ2) is 5.38. The Labute approximate surface area is 108 Å². The third-order valence-corrected chi connectivity index (χ3v) is 3.03. The number of hydrogen-bond acceptors (Lipinski definition) is 3. The van der Waals surface area contributed by atoms with Crippen LogP contribution in [0.5, 0.6) is 11.5 Å². The van der Waals surface area contributed by atoms with Crippen molar-refractivity contribution in [1.82, 2.24) is 0 Å². The Hall–Kier alpha value is -1.91. The van der Waals surface area contributed by atoms with E-state index >= 15 is 0 Å². The molecule has 0 aliphatic heterocycles. The van der Waals surface area contributed by atoms with Gasteiger partial charge in [-0.15, -0.1) is 0 Å². The second-order valence-electron chi connectivity index (χ2n) is 3.58. The van der Waals surface area contributed by atoms with Crippen molar-refractivity contribution in [2.45, 2.75) is 0 Å². The Balaban J connectivity index is 2.18. The molecule has 0 unspecified atom stereocenters. The zero-order valence-electron chi connectivity index (χ0n) is 9.62. The molecular formula is C12H10F2NO3P. The standard InChI is InChI=1S/C12H10F2NO3P/c13-9-5-1-3-7-11(9)17-19(15,16)18-12-8-4-2-6-10(12)14/h1-8H,(H2,15,16). The summed E-state index contributed by atoms with van der Waals surface area (Å²) in [7, 11) is -4.17. The van der Waals surface area contributed by atoms with Crippen LogP contribution in [0.2, 0.25) is 0 Å². The lowest BCUT2D eigenvalue weighted by Crippen LogP contribution is -2.10. The van der Waals surface area contributed by atoms with Gasteiger partial charge in [0.15, 0.2) is 23.1 Å². The summed E-state index contributed by atoms with van der Waals surface area (Å²) in [6, 6.07) is 10.5. The van der Waals surface area contributed by atoms with Gasteiger partial charge in [0.05, 0.1) is 0 Å². The summed E-state index contributed by atoms with van der Waals surface area (Å²) in [5.74, 6) is -2.15. The van der Waals surface area contributed by atoms with Crippen LogP contribution in [0.1, 0.15) is 0 Å². The third-order valence-electron chi connectivity index (χ3n) is 2.12. The van der Waals surface area contributed by atoms with Gasteiger partial charge in [-0.3, -0.25) is 0 Å². The highest BCUT2D eigenvalue weighted by Crippen LogP contribution is 2.42. The number of rotatable bonds is 4. The molecule has 100 valence electrons. The van der Waals surface area contributed by atoms with Crippen molar-refractivity contribution in [3.8, 4) is 11.5 Å². The fraction of sp³-hybridized carbons (Fsp3) is 0. The van der Waals surface area contributed by atoms with Gasteiger partial charge in [-0.1, -0.05) is 24.3 Å². The molecule has 0 radical (unpaired) electrons. The molecule has 0 aromatic heterocycles. The first-order valence-corrected chi connectivity index (χ1v) is 6.86. The first kappa shape index (κ1) is 13.5. The Morgan fingerprint density at radius 3 is 1.58 bits per heavy atom. The zero-order chi connectivity index (χ0) is 13.9. The highest BCUT2D eigenvalue weighted by molar-refractivity contribution is 7.52. The molecule has 2 aromatic rings. The molecule has 19 heavy (non-hydrogen) atoms. The highest BCUT2D eigenvalue weighted by Gasteiger charge is 2.24. The van der Waals surface area contributed by atoms with E-state index in [-0.39, 0.29) is 11.5 Å². The van der Waals surface area contributed by atoms with Crippen molar-refractivity contribution in [1.29, 1.82) is 0 Å². The van der Waals surface area contributed by atoms with E-state index in [4.69, 9.17) is 14.6 Å². The zero-order valence-corrected chi connectivity index (χ0v) is 10.5. The summed E-state index contributed by atoms with van der Waals surface area (Å²) in [5.41, 5.74) is 5.30. The van der Waals surface area contributed by atoms with Crippen molar-refractivity contribution in [3.63, 3.8) is 0 Å². The molecule has 2 rings (SSSR count). The van der Waals surface area contributed by atoms with Crippen molar-refractivity contribution < 1.29 is 22.4 Å². The van der Waals surface area contributed by atoms with E-state index in [0.29, 0.717) is 0 Å². The first-order valence-electron chi connectivity index (χ1n) is 5.25. The van der Waals surface area contributed by atoms with Crippen LogP contribution in [0.15, 0.2) is 48.5 Å². The van der Waals surface area contributed by atoms with E-state index in [1.54, 1.807) is 0 Å². The van der Waals surface area contributed by atoms with Crippen molar-refractivity contribution in [2.24, 2.45) is 5.50 Å². The fourth-order valence-electron chi connectivity index (χ4n) is 1.33. The van der Waals surface area contributed by atoms with Crippen LogP contribution >= 0.6 is 7.75 Å². The third kappa shape index (κ3) is 3.53. The van der Waals surface area contributed by atoms with Gasteiger partial charge in [0.1, 0.15) is 0 Å². The van der Waals surface area contributed by atoms with Gasteiger partial charge in [0, 0.05) is 0 Å².